The van der Waals surface area contributed by atoms with Crippen LogP contribution in [0.5, 0.6) is 0 Å². The summed E-state index contributed by atoms with van der Waals surface area (Å²) in [5.41, 5.74) is 0. The van der Waals surface area contributed by atoms with Gasteiger partial charge in [-0.2, -0.15) is 0 Å². The van der Waals surface area contributed by atoms with Crippen LogP contribution in [0.3, 0.4) is 0 Å². The summed E-state index contributed by atoms with van der Waals surface area (Å²) >= 11 is 0. The number of hydrogen-bond donors (Lipinski definition) is 2. The molecule has 0 aliphatic carbocycles. The Bertz CT molecular complexity index is 447. The molecule has 0 heterocycles. The van der Waals surface area contributed by atoms with Crippen LogP contribution in [0.2, 0.25) is 0 Å². The van der Waals surface area contributed by atoms with E-state index in [0.29, 0.717) is 0 Å². The molecule has 0 aromatic heterocycles. The molecule has 1 aromatic rings. The fraction of sp³-hybridized carbons (Fsp3) is 0.250. The fourth-order valence-corrected chi connectivity index (χ4v) is 2.06. The zero-order chi connectivity index (χ0) is 11.5. The largest absolute Gasteiger partial charge is 0.395 e. The van der Waals surface area contributed by atoms with Crippen LogP contribution in [0.1, 0.15) is 0 Å². The van der Waals surface area contributed by atoms with Crippen molar-refractivity contribution in [1.29, 1.82) is 0 Å². The van der Waals surface area contributed by atoms with Gasteiger partial charge < -0.3 is 5.11 Å². The minimum Gasteiger partial charge on any atom is -0.395 e. The number of halogens is 2. The van der Waals surface area contributed by atoms with E-state index in [1.54, 1.807) is 0 Å². The van der Waals surface area contributed by atoms with Crippen LogP contribution in [0, 0.1) is 11.6 Å². The van der Waals surface area contributed by atoms with Crippen molar-refractivity contribution in [2.45, 2.75) is 4.90 Å². The number of benzene rings is 1. The van der Waals surface area contributed by atoms with E-state index in [2.05, 4.69) is 0 Å². The summed E-state index contributed by atoms with van der Waals surface area (Å²) in [5.74, 6) is -2.66. The second kappa shape index (κ2) is 4.65. The standard InChI is InChI=1S/C8H9F2NO3S/c9-6-2-1-3-7(8(6)10)15(13,14)11-4-5-12/h1-3,11-12H,4-5H2. The number of aliphatic hydroxyl groups excluding tert-OH is 1. The molecule has 0 unspecified atom stereocenters. The predicted octanol–water partition coefficient (Wildman–Crippen LogP) is 0.235. The highest BCUT2D eigenvalue weighted by Crippen LogP contribution is 2.16. The second-order valence-corrected chi connectivity index (χ2v) is 4.41. The Hall–Kier alpha value is -1.05. The number of rotatable bonds is 4. The van der Waals surface area contributed by atoms with Gasteiger partial charge in [-0.15, -0.1) is 0 Å². The zero-order valence-corrected chi connectivity index (χ0v) is 8.39. The molecule has 0 radical (unpaired) electrons. The van der Waals surface area contributed by atoms with Gasteiger partial charge >= 0.3 is 0 Å². The molecule has 1 rings (SSSR count). The minimum absolute atomic E-state index is 0.252. The van der Waals surface area contributed by atoms with E-state index < -0.39 is 33.2 Å². The van der Waals surface area contributed by atoms with Crippen LogP contribution >= 0.6 is 0 Å². The van der Waals surface area contributed by atoms with E-state index in [1.165, 1.54) is 0 Å². The van der Waals surface area contributed by atoms with Crippen molar-refractivity contribution in [3.05, 3.63) is 29.8 Å². The SMILES string of the molecule is O=S(=O)(NCCO)c1cccc(F)c1F. The highest BCUT2D eigenvalue weighted by Gasteiger charge is 2.20. The zero-order valence-electron chi connectivity index (χ0n) is 7.57. The lowest BCUT2D eigenvalue weighted by Gasteiger charge is -2.06. The highest BCUT2D eigenvalue weighted by molar-refractivity contribution is 7.89. The number of aliphatic hydroxyl groups is 1. The van der Waals surface area contributed by atoms with Crippen molar-refractivity contribution in [1.82, 2.24) is 4.72 Å². The molecule has 0 bridgehead atoms. The predicted molar refractivity (Wildman–Crippen MR) is 48.6 cm³/mol. The molecule has 7 heteroatoms. The first-order chi connectivity index (χ1) is 6.99. The van der Waals surface area contributed by atoms with E-state index in [4.69, 9.17) is 5.11 Å². The quantitative estimate of drug-likeness (QED) is 0.788. The van der Waals surface area contributed by atoms with Crippen molar-refractivity contribution in [3.63, 3.8) is 0 Å². The van der Waals surface area contributed by atoms with Crippen LogP contribution in [-0.2, 0) is 10.0 Å². The second-order valence-electron chi connectivity index (χ2n) is 2.67. The molecule has 15 heavy (non-hydrogen) atoms. The first-order valence-corrected chi connectivity index (χ1v) is 5.52. The summed E-state index contributed by atoms with van der Waals surface area (Å²) in [4.78, 5) is -0.768. The summed E-state index contributed by atoms with van der Waals surface area (Å²) in [6.07, 6.45) is 0. The molecule has 84 valence electrons. The maximum Gasteiger partial charge on any atom is 0.243 e. The van der Waals surface area contributed by atoms with Crippen LogP contribution < -0.4 is 4.72 Å². The highest BCUT2D eigenvalue weighted by atomic mass is 32.2. The molecule has 0 aliphatic heterocycles. The topological polar surface area (TPSA) is 66.4 Å². The van der Waals surface area contributed by atoms with Gasteiger partial charge in [-0.3, -0.25) is 0 Å². The summed E-state index contributed by atoms with van der Waals surface area (Å²) in [5, 5.41) is 8.41. The smallest absolute Gasteiger partial charge is 0.243 e. The molecule has 2 N–H and O–H groups in total. The van der Waals surface area contributed by atoms with Gasteiger partial charge in [0.05, 0.1) is 6.61 Å². The molecule has 0 saturated heterocycles. The molecular formula is C8H9F2NO3S. The molecule has 0 aliphatic rings. The van der Waals surface area contributed by atoms with Gasteiger partial charge in [0.2, 0.25) is 10.0 Å². The lowest BCUT2D eigenvalue weighted by atomic mass is 10.3. The number of hydrogen-bond acceptors (Lipinski definition) is 3. The lowest BCUT2D eigenvalue weighted by molar-refractivity contribution is 0.301. The van der Waals surface area contributed by atoms with E-state index in [1.807, 2.05) is 4.72 Å². The van der Waals surface area contributed by atoms with Crippen molar-refractivity contribution < 1.29 is 22.3 Å². The molecular weight excluding hydrogens is 228 g/mol. The molecule has 0 saturated carbocycles. The summed E-state index contributed by atoms with van der Waals surface area (Å²) in [6, 6.07) is 2.85. The molecule has 1 aromatic carbocycles. The Kier molecular flexibility index (Phi) is 3.72. The lowest BCUT2D eigenvalue weighted by Crippen LogP contribution is -2.27. The Morgan fingerprint density at radius 1 is 1.33 bits per heavy atom. The van der Waals surface area contributed by atoms with E-state index in [-0.39, 0.29) is 6.54 Å². The normalized spacial score (nSPS) is 11.7. The Morgan fingerprint density at radius 3 is 2.60 bits per heavy atom. The minimum atomic E-state index is -4.10. The van der Waals surface area contributed by atoms with Crippen molar-refractivity contribution in [2.75, 3.05) is 13.2 Å². The van der Waals surface area contributed by atoms with Crippen LogP contribution in [0.25, 0.3) is 0 Å². The van der Waals surface area contributed by atoms with E-state index in [0.717, 1.165) is 18.2 Å². The van der Waals surface area contributed by atoms with Gasteiger partial charge in [0.25, 0.3) is 0 Å². The monoisotopic (exact) mass is 237 g/mol. The molecule has 0 amide bonds. The van der Waals surface area contributed by atoms with Crippen LogP contribution in [0.15, 0.2) is 23.1 Å². The maximum absolute atomic E-state index is 13.1. The average Bonchev–Trinajstić information content (AvgIpc) is 2.19. The van der Waals surface area contributed by atoms with Crippen LogP contribution in [0.4, 0.5) is 8.78 Å². The molecule has 0 spiro atoms. The Balaban J connectivity index is 3.10. The number of nitrogens with one attached hydrogen (secondary N) is 1. The molecule has 4 nitrogen and oxygen atoms in total. The molecule has 0 fully saturated rings. The van der Waals surface area contributed by atoms with Gasteiger partial charge in [0, 0.05) is 6.54 Å². The molecule has 0 atom stereocenters. The van der Waals surface area contributed by atoms with Gasteiger partial charge in [-0.25, -0.2) is 21.9 Å². The van der Waals surface area contributed by atoms with Gasteiger partial charge in [-0.05, 0) is 12.1 Å². The Morgan fingerprint density at radius 2 is 2.00 bits per heavy atom. The third-order valence-corrected chi connectivity index (χ3v) is 3.09. The van der Waals surface area contributed by atoms with E-state index >= 15 is 0 Å². The summed E-state index contributed by atoms with van der Waals surface area (Å²) in [7, 11) is -4.10. The van der Waals surface area contributed by atoms with Crippen molar-refractivity contribution in [2.24, 2.45) is 0 Å². The fourth-order valence-electron chi connectivity index (χ4n) is 0.949. The average molecular weight is 237 g/mol. The van der Waals surface area contributed by atoms with E-state index in [9.17, 15) is 17.2 Å². The third-order valence-electron chi connectivity index (χ3n) is 1.61. The first kappa shape index (κ1) is 12.0. The van der Waals surface area contributed by atoms with Crippen LogP contribution in [-0.4, -0.2) is 26.7 Å². The van der Waals surface area contributed by atoms with Gasteiger partial charge in [0.1, 0.15) is 4.90 Å². The first-order valence-electron chi connectivity index (χ1n) is 4.03. The summed E-state index contributed by atoms with van der Waals surface area (Å²) in [6.45, 7) is -0.672. The third kappa shape index (κ3) is 2.71. The summed E-state index contributed by atoms with van der Waals surface area (Å²) < 4.78 is 50.4. The van der Waals surface area contributed by atoms with Gasteiger partial charge in [-0.1, -0.05) is 6.07 Å². The van der Waals surface area contributed by atoms with Gasteiger partial charge in [0.15, 0.2) is 11.6 Å². The maximum atomic E-state index is 13.1. The number of sulfonamides is 1. The van der Waals surface area contributed by atoms with Crippen molar-refractivity contribution >= 4 is 10.0 Å². The van der Waals surface area contributed by atoms with Crippen molar-refractivity contribution in [3.8, 4) is 0 Å². The Labute approximate surface area is 85.6 Å².